The number of benzene rings is 2. The maximum absolute atomic E-state index is 13.5. The number of aliphatic hydroxyl groups is 1. The lowest BCUT2D eigenvalue weighted by Gasteiger charge is -2.41. The van der Waals surface area contributed by atoms with Crippen LogP contribution in [0.1, 0.15) is 29.3 Å². The van der Waals surface area contributed by atoms with E-state index in [1.165, 1.54) is 12.1 Å². The van der Waals surface area contributed by atoms with E-state index in [1.54, 1.807) is 25.6 Å². The Hall–Kier alpha value is -3.49. The van der Waals surface area contributed by atoms with E-state index in [9.17, 15) is 9.50 Å². The number of aliphatic imine (C=N–C) groups is 1. The van der Waals surface area contributed by atoms with Crippen LogP contribution in [0.5, 0.6) is 5.75 Å². The molecule has 0 aliphatic carbocycles. The van der Waals surface area contributed by atoms with Crippen LogP contribution >= 0.6 is 0 Å². The van der Waals surface area contributed by atoms with Gasteiger partial charge in [-0.15, -0.1) is 0 Å². The first-order valence-corrected chi connectivity index (χ1v) is 11.3. The molecule has 3 heterocycles. The molecule has 2 unspecified atom stereocenters. The van der Waals surface area contributed by atoms with Crippen molar-refractivity contribution in [3.8, 4) is 11.4 Å². The Balaban J connectivity index is 1.50. The molecule has 0 radical (unpaired) electrons. The van der Waals surface area contributed by atoms with Gasteiger partial charge in [-0.1, -0.05) is 18.2 Å². The van der Waals surface area contributed by atoms with Gasteiger partial charge in [-0.2, -0.15) is 0 Å². The molecule has 1 N–H and O–H groups in total. The molecule has 0 spiro atoms. The minimum atomic E-state index is -0.328. The van der Waals surface area contributed by atoms with Crippen molar-refractivity contribution >= 4 is 11.9 Å². The molecule has 34 heavy (non-hydrogen) atoms. The van der Waals surface area contributed by atoms with E-state index in [0.717, 1.165) is 52.6 Å². The smallest absolute Gasteiger partial charge is 0.143 e. The molecular weight excluding hydrogens is 433 g/mol. The lowest BCUT2D eigenvalue weighted by Crippen LogP contribution is -2.49. The van der Waals surface area contributed by atoms with Crippen molar-refractivity contribution in [3.63, 3.8) is 0 Å². The van der Waals surface area contributed by atoms with E-state index >= 15 is 0 Å². The Bertz CT molecular complexity index is 1250. The fourth-order valence-electron chi connectivity index (χ4n) is 4.74. The number of hydrazine groups is 1. The van der Waals surface area contributed by atoms with Gasteiger partial charge in [0.15, 0.2) is 0 Å². The van der Waals surface area contributed by atoms with Crippen molar-refractivity contribution in [1.82, 2.24) is 19.6 Å². The summed E-state index contributed by atoms with van der Waals surface area (Å²) in [4.78, 5) is 9.20. The second-order valence-corrected chi connectivity index (χ2v) is 8.70. The number of aromatic nitrogens is 2. The summed E-state index contributed by atoms with van der Waals surface area (Å²) >= 11 is 0. The van der Waals surface area contributed by atoms with Gasteiger partial charge in [-0.3, -0.25) is 10.0 Å². The summed E-state index contributed by atoms with van der Waals surface area (Å²) in [6.45, 7) is 2.68. The predicted molar refractivity (Wildman–Crippen MR) is 129 cm³/mol. The molecule has 0 amide bonds. The summed E-state index contributed by atoms with van der Waals surface area (Å²) in [5.41, 5.74) is 4.88. The second kappa shape index (κ2) is 9.04. The minimum Gasteiger partial charge on any atom is -0.495 e. The van der Waals surface area contributed by atoms with Crippen LogP contribution < -0.4 is 4.74 Å². The van der Waals surface area contributed by atoms with Crippen molar-refractivity contribution in [3.05, 3.63) is 83.2 Å². The third-order valence-corrected chi connectivity index (χ3v) is 6.43. The highest BCUT2D eigenvalue weighted by molar-refractivity contribution is 6.04. The zero-order valence-corrected chi connectivity index (χ0v) is 19.5. The third-order valence-electron chi connectivity index (χ3n) is 6.43. The van der Waals surface area contributed by atoms with E-state index in [4.69, 9.17) is 9.73 Å². The molecule has 1 fully saturated rings. The summed E-state index contributed by atoms with van der Waals surface area (Å²) in [5, 5.41) is 14.4. The van der Waals surface area contributed by atoms with Crippen LogP contribution in [0.15, 0.2) is 65.6 Å². The lowest BCUT2D eigenvalue weighted by molar-refractivity contribution is 0.0240. The number of rotatable bonds is 5. The Morgan fingerprint density at radius 1 is 1.21 bits per heavy atom. The average Bonchev–Trinajstić information content (AvgIpc) is 3.45. The summed E-state index contributed by atoms with van der Waals surface area (Å²) in [6.07, 6.45) is 6.69. The highest BCUT2D eigenvalue weighted by atomic mass is 19.1. The molecule has 2 aromatic carbocycles. The minimum absolute atomic E-state index is 0.0873. The predicted octanol–water partition coefficient (Wildman–Crippen LogP) is 3.78. The number of methoxy groups -OCH3 is 1. The van der Waals surface area contributed by atoms with E-state index in [-0.39, 0.29) is 24.5 Å². The largest absolute Gasteiger partial charge is 0.495 e. The van der Waals surface area contributed by atoms with Gasteiger partial charge < -0.3 is 14.4 Å². The monoisotopic (exact) mass is 461 g/mol. The van der Waals surface area contributed by atoms with Gasteiger partial charge in [0, 0.05) is 19.8 Å². The highest BCUT2D eigenvalue weighted by Crippen LogP contribution is 2.38. The Morgan fingerprint density at radius 3 is 2.68 bits per heavy atom. The molecule has 2 atom stereocenters. The molecule has 1 aromatic heterocycles. The van der Waals surface area contributed by atoms with E-state index < -0.39 is 0 Å². The number of hydrogen-bond donors (Lipinski definition) is 1. The van der Waals surface area contributed by atoms with Crippen LogP contribution in [0.2, 0.25) is 0 Å². The first kappa shape index (κ1) is 22.3. The van der Waals surface area contributed by atoms with Crippen LogP contribution in [0.3, 0.4) is 0 Å². The van der Waals surface area contributed by atoms with E-state index in [2.05, 4.69) is 27.1 Å². The number of aryl methyl sites for hydroxylation is 1. The average molecular weight is 462 g/mol. The molecule has 176 valence electrons. The number of fused-ring (bicyclic) bond motifs is 1. The summed E-state index contributed by atoms with van der Waals surface area (Å²) < 4.78 is 21.2. The van der Waals surface area contributed by atoms with E-state index in [1.807, 2.05) is 36.9 Å². The van der Waals surface area contributed by atoms with Gasteiger partial charge in [0.25, 0.3) is 0 Å². The van der Waals surface area contributed by atoms with Gasteiger partial charge >= 0.3 is 0 Å². The Kier molecular flexibility index (Phi) is 5.93. The normalized spacial score (nSPS) is 21.6. The van der Waals surface area contributed by atoms with Crippen LogP contribution in [0, 0.1) is 12.7 Å². The van der Waals surface area contributed by atoms with Crippen LogP contribution in [-0.2, 0) is 0 Å². The highest BCUT2D eigenvalue weighted by Gasteiger charge is 2.42. The van der Waals surface area contributed by atoms with Gasteiger partial charge in [-0.05, 0) is 60.4 Å². The SMILES string of the molecule is COc1cc(C=C2CCN(C)N3C2=NC(CO)C3c2ccc(F)cc2)ccc1-n1cnc(C)c1. The number of halogens is 1. The van der Waals surface area contributed by atoms with Gasteiger partial charge in [0.05, 0.1) is 37.5 Å². The quantitative estimate of drug-likeness (QED) is 0.627. The number of ether oxygens (including phenoxy) is 1. The molecule has 2 aliphatic heterocycles. The first-order valence-electron chi connectivity index (χ1n) is 11.3. The number of nitrogens with zero attached hydrogens (tertiary/aromatic N) is 5. The standard InChI is InChI=1S/C26H28FN5O2/c1-17-14-31(16-28-17)23-9-4-18(13-24(23)34-3)12-20-10-11-30(2)32-25(22(15-33)29-26(20)32)19-5-7-21(27)8-6-19/h4-9,12-14,16,22,25,33H,10-11,15H2,1-3H3. The van der Waals surface area contributed by atoms with Gasteiger partial charge in [0.2, 0.25) is 0 Å². The van der Waals surface area contributed by atoms with Gasteiger partial charge in [0.1, 0.15) is 23.4 Å². The Morgan fingerprint density at radius 2 is 2.00 bits per heavy atom. The molecule has 1 saturated heterocycles. The van der Waals surface area contributed by atoms with Crippen molar-refractivity contribution in [2.45, 2.75) is 25.4 Å². The topological polar surface area (TPSA) is 66.1 Å². The maximum atomic E-state index is 13.5. The molecular formula is C26H28FN5O2. The first-order chi connectivity index (χ1) is 16.5. The Labute approximate surface area is 198 Å². The van der Waals surface area contributed by atoms with Crippen molar-refractivity contribution in [1.29, 1.82) is 0 Å². The molecule has 0 bridgehead atoms. The number of amidine groups is 1. The molecule has 3 aromatic rings. The summed E-state index contributed by atoms with van der Waals surface area (Å²) in [7, 11) is 3.69. The molecule has 8 heteroatoms. The summed E-state index contributed by atoms with van der Waals surface area (Å²) in [6, 6.07) is 12.0. The molecule has 0 saturated carbocycles. The van der Waals surface area contributed by atoms with Crippen molar-refractivity contribution in [2.75, 3.05) is 27.3 Å². The van der Waals surface area contributed by atoms with Gasteiger partial charge in [-0.25, -0.2) is 14.4 Å². The zero-order chi connectivity index (χ0) is 23.8. The van der Waals surface area contributed by atoms with Crippen molar-refractivity contribution < 1.29 is 14.2 Å². The molecule has 2 aliphatic rings. The third kappa shape index (κ3) is 3.99. The second-order valence-electron chi connectivity index (χ2n) is 8.70. The zero-order valence-electron chi connectivity index (χ0n) is 19.5. The van der Waals surface area contributed by atoms with Crippen LogP contribution in [0.4, 0.5) is 4.39 Å². The number of imidazole rings is 1. The van der Waals surface area contributed by atoms with E-state index in [0.29, 0.717) is 0 Å². The lowest BCUT2D eigenvalue weighted by atomic mass is 9.99. The van der Waals surface area contributed by atoms with Crippen LogP contribution in [-0.4, -0.2) is 63.9 Å². The fraction of sp³-hybridized carbons (Fsp3) is 0.308. The molecule has 5 rings (SSSR count). The van der Waals surface area contributed by atoms with Crippen molar-refractivity contribution in [2.24, 2.45) is 4.99 Å². The summed E-state index contributed by atoms with van der Waals surface area (Å²) in [5.74, 6) is 1.32. The number of hydrogen-bond acceptors (Lipinski definition) is 6. The fourth-order valence-corrected chi connectivity index (χ4v) is 4.74. The maximum Gasteiger partial charge on any atom is 0.143 e. The molecule has 7 nitrogen and oxygen atoms in total. The number of aliphatic hydroxyl groups excluding tert-OH is 1. The van der Waals surface area contributed by atoms with Crippen LogP contribution in [0.25, 0.3) is 11.8 Å².